The number of carbonyl (C=O) groups excluding carboxylic acids is 2. The van der Waals surface area contributed by atoms with Gasteiger partial charge >= 0.3 is 0 Å². The highest BCUT2D eigenvalue weighted by Crippen LogP contribution is 2.52. The topological polar surface area (TPSA) is 73.8 Å². The number of likely N-dealkylation sites (tertiary alicyclic amines) is 1. The van der Waals surface area contributed by atoms with E-state index >= 15 is 0 Å². The van der Waals surface area contributed by atoms with Gasteiger partial charge in [0.25, 0.3) is 0 Å². The number of nitrogens with one attached hydrogen (secondary N) is 2. The fourth-order valence-corrected chi connectivity index (χ4v) is 5.98. The molecule has 0 aromatic heterocycles. The van der Waals surface area contributed by atoms with Gasteiger partial charge in [0.05, 0.1) is 18.4 Å². The first-order valence-corrected chi connectivity index (χ1v) is 11.7. The van der Waals surface area contributed by atoms with E-state index in [0.717, 1.165) is 38.3 Å². The molecule has 2 N–H and O–H groups in total. The van der Waals surface area contributed by atoms with E-state index in [4.69, 9.17) is 4.99 Å². The van der Waals surface area contributed by atoms with Gasteiger partial charge < -0.3 is 10.6 Å². The molecule has 1 heterocycles. The molecule has 2 saturated carbocycles. The lowest BCUT2D eigenvalue weighted by atomic mass is 9.64. The van der Waals surface area contributed by atoms with Gasteiger partial charge in [-0.15, -0.1) is 24.0 Å². The van der Waals surface area contributed by atoms with Gasteiger partial charge in [-0.2, -0.15) is 0 Å². The summed E-state index contributed by atoms with van der Waals surface area (Å²) >= 11 is 0. The zero-order chi connectivity index (χ0) is 21.4. The average molecular weight is 548 g/mol. The standard InChI is InChI=1S/C25H32N4O2.HI/c1-2-26-24(28-16-25(11-6-12-25)19-7-4-3-5-8-19)27-13-14-29-22(30)20-17-9-10-18(15-17)21(20)23(29)31;/h3-5,7-10,17-18,20-21H,2,6,11-16H2,1H3,(H2,26,27,28);1H. The second-order valence-corrected chi connectivity index (χ2v) is 9.45. The van der Waals surface area contributed by atoms with Crippen molar-refractivity contribution in [3.05, 3.63) is 48.0 Å². The molecule has 32 heavy (non-hydrogen) atoms. The Morgan fingerprint density at radius 3 is 2.28 bits per heavy atom. The fraction of sp³-hybridized carbons (Fsp3) is 0.560. The lowest BCUT2D eigenvalue weighted by Crippen LogP contribution is -2.45. The predicted octanol–water partition coefficient (Wildman–Crippen LogP) is 3.09. The van der Waals surface area contributed by atoms with E-state index in [1.165, 1.54) is 16.9 Å². The van der Waals surface area contributed by atoms with Crippen molar-refractivity contribution in [3.8, 4) is 0 Å². The van der Waals surface area contributed by atoms with Crippen molar-refractivity contribution in [2.24, 2.45) is 28.7 Å². The van der Waals surface area contributed by atoms with Crippen LogP contribution >= 0.6 is 24.0 Å². The second kappa shape index (κ2) is 9.53. The van der Waals surface area contributed by atoms with Gasteiger partial charge in [0.2, 0.25) is 11.8 Å². The van der Waals surface area contributed by atoms with Crippen LogP contribution in [0.2, 0.25) is 0 Å². The highest BCUT2D eigenvalue weighted by Gasteiger charge is 2.58. The summed E-state index contributed by atoms with van der Waals surface area (Å²) in [6.07, 6.45) is 8.81. The monoisotopic (exact) mass is 548 g/mol. The van der Waals surface area contributed by atoms with E-state index < -0.39 is 0 Å². The number of benzene rings is 1. The molecule has 7 heteroatoms. The Balaban J connectivity index is 0.00000245. The van der Waals surface area contributed by atoms with Gasteiger partial charge in [-0.05, 0) is 43.6 Å². The third-order valence-electron chi connectivity index (χ3n) is 7.77. The van der Waals surface area contributed by atoms with Crippen LogP contribution in [-0.2, 0) is 15.0 Å². The molecule has 1 aromatic rings. The first-order valence-electron chi connectivity index (χ1n) is 11.7. The van der Waals surface area contributed by atoms with Crippen LogP contribution in [0.4, 0.5) is 0 Å². The maximum Gasteiger partial charge on any atom is 0.233 e. The van der Waals surface area contributed by atoms with Crippen molar-refractivity contribution < 1.29 is 9.59 Å². The number of aliphatic imine (C=N–C) groups is 1. The maximum atomic E-state index is 12.8. The van der Waals surface area contributed by atoms with Crippen molar-refractivity contribution in [3.63, 3.8) is 0 Å². The zero-order valence-electron chi connectivity index (χ0n) is 18.6. The first kappa shape index (κ1) is 23.3. The molecule has 1 saturated heterocycles. The van der Waals surface area contributed by atoms with Gasteiger partial charge in [-0.3, -0.25) is 19.5 Å². The molecule has 6 nitrogen and oxygen atoms in total. The van der Waals surface area contributed by atoms with Gasteiger partial charge in [0, 0.05) is 25.0 Å². The zero-order valence-corrected chi connectivity index (χ0v) is 21.0. The minimum absolute atomic E-state index is 0. The molecule has 1 aromatic carbocycles. The molecule has 172 valence electrons. The summed E-state index contributed by atoms with van der Waals surface area (Å²) in [6.45, 7) is 4.48. The minimum Gasteiger partial charge on any atom is -0.357 e. The normalized spacial score (nSPS) is 29.5. The molecular weight excluding hydrogens is 515 g/mol. The SMILES string of the molecule is CCNC(=NCC1(c2ccccc2)CCC1)NCCN1C(=O)C2C3C=CC(C3)C2C1=O.I. The van der Waals surface area contributed by atoms with Crippen LogP contribution in [0.25, 0.3) is 0 Å². The largest absolute Gasteiger partial charge is 0.357 e. The Kier molecular flexibility index (Phi) is 6.93. The third kappa shape index (κ3) is 3.97. The molecule has 5 rings (SSSR count). The van der Waals surface area contributed by atoms with Crippen LogP contribution < -0.4 is 10.6 Å². The molecule has 2 amide bonds. The van der Waals surface area contributed by atoms with Crippen LogP contribution in [0.1, 0.15) is 38.2 Å². The molecule has 2 bridgehead atoms. The Bertz CT molecular complexity index is 882. The Morgan fingerprint density at radius 2 is 1.72 bits per heavy atom. The van der Waals surface area contributed by atoms with E-state index in [2.05, 4.69) is 53.1 Å². The number of amides is 2. The van der Waals surface area contributed by atoms with E-state index in [9.17, 15) is 9.59 Å². The van der Waals surface area contributed by atoms with Crippen LogP contribution in [0, 0.1) is 23.7 Å². The van der Waals surface area contributed by atoms with Gasteiger partial charge in [-0.25, -0.2) is 0 Å². The number of carbonyl (C=O) groups is 2. The molecule has 4 atom stereocenters. The number of imide groups is 1. The van der Waals surface area contributed by atoms with E-state index in [0.29, 0.717) is 13.1 Å². The van der Waals surface area contributed by atoms with Crippen molar-refractivity contribution in [1.82, 2.24) is 15.5 Å². The summed E-state index contributed by atoms with van der Waals surface area (Å²) in [5.41, 5.74) is 1.50. The lowest BCUT2D eigenvalue weighted by Gasteiger charge is -2.41. The van der Waals surface area contributed by atoms with Crippen molar-refractivity contribution in [2.75, 3.05) is 26.2 Å². The maximum absolute atomic E-state index is 12.8. The quantitative estimate of drug-likeness (QED) is 0.181. The highest BCUT2D eigenvalue weighted by atomic mass is 127. The first-order chi connectivity index (χ1) is 15.1. The number of fused-ring (bicyclic) bond motifs is 5. The smallest absolute Gasteiger partial charge is 0.233 e. The van der Waals surface area contributed by atoms with Gasteiger partial charge in [0.1, 0.15) is 0 Å². The van der Waals surface area contributed by atoms with E-state index in [1.54, 1.807) is 0 Å². The summed E-state index contributed by atoms with van der Waals surface area (Å²) in [6, 6.07) is 10.7. The number of hydrogen-bond acceptors (Lipinski definition) is 3. The van der Waals surface area contributed by atoms with Crippen molar-refractivity contribution in [1.29, 1.82) is 0 Å². The number of halogens is 1. The molecule has 3 aliphatic carbocycles. The fourth-order valence-electron chi connectivity index (χ4n) is 5.98. The Morgan fingerprint density at radius 1 is 1.06 bits per heavy atom. The van der Waals surface area contributed by atoms with Gasteiger partial charge in [0.15, 0.2) is 5.96 Å². The number of nitrogens with zero attached hydrogens (tertiary/aromatic N) is 2. The van der Waals surface area contributed by atoms with E-state index in [-0.39, 0.29) is 64.9 Å². The highest BCUT2D eigenvalue weighted by molar-refractivity contribution is 14.0. The predicted molar refractivity (Wildman–Crippen MR) is 136 cm³/mol. The average Bonchev–Trinajstić information content (AvgIpc) is 3.43. The molecule has 3 fully saturated rings. The molecule has 1 aliphatic heterocycles. The molecule has 0 spiro atoms. The molecular formula is C25H33IN4O2. The van der Waals surface area contributed by atoms with Crippen molar-refractivity contribution >= 4 is 41.8 Å². The number of guanidine groups is 1. The summed E-state index contributed by atoms with van der Waals surface area (Å²) < 4.78 is 0. The van der Waals surface area contributed by atoms with Crippen LogP contribution in [0.5, 0.6) is 0 Å². The second-order valence-electron chi connectivity index (χ2n) is 9.45. The number of allylic oxidation sites excluding steroid dienone is 2. The molecule has 4 unspecified atom stereocenters. The van der Waals surface area contributed by atoms with Crippen LogP contribution in [0.15, 0.2) is 47.5 Å². The van der Waals surface area contributed by atoms with Crippen LogP contribution in [0.3, 0.4) is 0 Å². The lowest BCUT2D eigenvalue weighted by molar-refractivity contribution is -0.140. The van der Waals surface area contributed by atoms with Gasteiger partial charge in [-0.1, -0.05) is 48.9 Å². The molecule has 0 radical (unpaired) electrons. The minimum atomic E-state index is -0.117. The Labute approximate surface area is 207 Å². The summed E-state index contributed by atoms with van der Waals surface area (Å²) in [4.78, 5) is 32.0. The Hall–Kier alpha value is -1.90. The van der Waals surface area contributed by atoms with Crippen LogP contribution in [-0.4, -0.2) is 48.9 Å². The molecule has 4 aliphatic rings. The number of rotatable bonds is 7. The summed E-state index contributed by atoms with van der Waals surface area (Å²) in [5, 5.41) is 6.65. The summed E-state index contributed by atoms with van der Waals surface area (Å²) in [5.74, 6) is 1.09. The van der Waals surface area contributed by atoms with E-state index in [1.807, 2.05) is 6.92 Å². The number of hydrogen-bond donors (Lipinski definition) is 2. The van der Waals surface area contributed by atoms with Crippen molar-refractivity contribution in [2.45, 2.75) is 38.0 Å². The summed E-state index contributed by atoms with van der Waals surface area (Å²) in [7, 11) is 0. The third-order valence-corrected chi connectivity index (χ3v) is 7.77.